The second-order valence-electron chi connectivity index (χ2n) is 5.92. The van der Waals surface area contributed by atoms with Gasteiger partial charge in [-0.2, -0.15) is 0 Å². The normalized spacial score (nSPS) is 10.3. The summed E-state index contributed by atoms with van der Waals surface area (Å²) in [7, 11) is 0. The third-order valence-corrected chi connectivity index (χ3v) is 3.98. The monoisotopic (exact) mass is 379 g/mol. The van der Waals surface area contributed by atoms with Crippen molar-refractivity contribution < 1.29 is 9.66 Å². The molecule has 0 spiro atoms. The second kappa shape index (κ2) is 9.31. The lowest BCUT2D eigenvalue weighted by atomic mass is 10.1. The molecule has 0 fully saturated rings. The molecule has 1 aromatic heterocycles. The summed E-state index contributed by atoms with van der Waals surface area (Å²) < 4.78 is 5.40. The maximum atomic E-state index is 11.6. The molecule has 0 unspecified atom stereocenters. The minimum Gasteiger partial charge on any atom is -0.494 e. The Morgan fingerprint density at radius 1 is 1.04 bits per heavy atom. The molecule has 0 saturated heterocycles. The largest absolute Gasteiger partial charge is 0.494 e. The van der Waals surface area contributed by atoms with Crippen molar-refractivity contribution in [3.63, 3.8) is 0 Å². The Kier molecular flexibility index (Phi) is 6.35. The highest BCUT2D eigenvalue weighted by Gasteiger charge is 2.23. The van der Waals surface area contributed by atoms with E-state index in [4.69, 9.17) is 4.74 Å². The van der Waals surface area contributed by atoms with Crippen molar-refractivity contribution in [2.24, 2.45) is 0 Å². The van der Waals surface area contributed by atoms with Gasteiger partial charge in [-0.25, -0.2) is 9.97 Å². The van der Waals surface area contributed by atoms with Gasteiger partial charge in [0, 0.05) is 12.2 Å². The van der Waals surface area contributed by atoms with Crippen LogP contribution in [0.5, 0.6) is 5.75 Å². The van der Waals surface area contributed by atoms with Gasteiger partial charge in [0.15, 0.2) is 0 Å². The fraction of sp³-hybridized carbons (Fsp3) is 0.200. The van der Waals surface area contributed by atoms with Gasteiger partial charge in [0.2, 0.25) is 11.6 Å². The number of hydrogen-bond donors (Lipinski definition) is 2. The van der Waals surface area contributed by atoms with Gasteiger partial charge < -0.3 is 15.4 Å². The van der Waals surface area contributed by atoms with Crippen molar-refractivity contribution >= 4 is 23.0 Å². The molecule has 0 aliphatic carbocycles. The van der Waals surface area contributed by atoms with Crippen LogP contribution in [0, 0.1) is 10.1 Å². The van der Waals surface area contributed by atoms with Crippen LogP contribution in [-0.4, -0.2) is 28.0 Å². The first-order valence-corrected chi connectivity index (χ1v) is 8.94. The van der Waals surface area contributed by atoms with Gasteiger partial charge in [0.1, 0.15) is 12.1 Å². The van der Waals surface area contributed by atoms with Gasteiger partial charge in [-0.15, -0.1) is 0 Å². The predicted octanol–water partition coefficient (Wildman–Crippen LogP) is 4.18. The van der Waals surface area contributed by atoms with E-state index in [0.717, 1.165) is 17.7 Å². The topological polar surface area (TPSA) is 102 Å². The molecule has 8 nitrogen and oxygen atoms in total. The van der Waals surface area contributed by atoms with Crippen LogP contribution in [0.25, 0.3) is 0 Å². The molecule has 144 valence electrons. The van der Waals surface area contributed by atoms with Crippen LogP contribution in [0.4, 0.5) is 23.0 Å². The molecule has 0 bridgehead atoms. The fourth-order valence-corrected chi connectivity index (χ4v) is 2.68. The van der Waals surface area contributed by atoms with E-state index >= 15 is 0 Å². The van der Waals surface area contributed by atoms with Gasteiger partial charge in [-0.3, -0.25) is 10.1 Å². The van der Waals surface area contributed by atoms with Crippen molar-refractivity contribution in [3.8, 4) is 5.75 Å². The number of nitrogens with one attached hydrogen (secondary N) is 2. The second-order valence-corrected chi connectivity index (χ2v) is 5.92. The number of nitrogens with zero attached hydrogens (tertiary/aromatic N) is 3. The Morgan fingerprint density at radius 3 is 2.43 bits per heavy atom. The van der Waals surface area contributed by atoms with Crippen LogP contribution in [0.1, 0.15) is 12.5 Å². The van der Waals surface area contributed by atoms with Gasteiger partial charge >= 0.3 is 5.69 Å². The van der Waals surface area contributed by atoms with E-state index in [9.17, 15) is 10.1 Å². The Morgan fingerprint density at radius 2 is 1.75 bits per heavy atom. The molecule has 0 amide bonds. The highest BCUT2D eigenvalue weighted by Crippen LogP contribution is 2.31. The van der Waals surface area contributed by atoms with Crippen molar-refractivity contribution in [3.05, 3.63) is 76.6 Å². The molecule has 28 heavy (non-hydrogen) atoms. The SMILES string of the molecule is CCOc1ccc(Nc2ncnc(NCCc3ccccc3)c2[N+](=O)[O-])cc1. The number of benzene rings is 2. The van der Waals surface area contributed by atoms with Crippen molar-refractivity contribution in [1.29, 1.82) is 0 Å². The summed E-state index contributed by atoms with van der Waals surface area (Å²) in [5.74, 6) is 1.05. The summed E-state index contributed by atoms with van der Waals surface area (Å²) in [6.45, 7) is 3.00. The van der Waals surface area contributed by atoms with Crippen LogP contribution in [0.15, 0.2) is 60.9 Å². The Hall–Kier alpha value is -3.68. The average Bonchev–Trinajstić information content (AvgIpc) is 2.70. The van der Waals surface area contributed by atoms with E-state index in [1.54, 1.807) is 24.3 Å². The maximum absolute atomic E-state index is 11.6. The van der Waals surface area contributed by atoms with E-state index in [1.807, 2.05) is 37.3 Å². The molecule has 1 heterocycles. The number of aromatic nitrogens is 2. The van der Waals surface area contributed by atoms with Crippen LogP contribution >= 0.6 is 0 Å². The minimum atomic E-state index is -0.484. The first kappa shape index (κ1) is 19.1. The fourth-order valence-electron chi connectivity index (χ4n) is 2.68. The molecule has 0 aliphatic heterocycles. The summed E-state index contributed by atoms with van der Waals surface area (Å²) in [5.41, 5.74) is 1.62. The molecular weight excluding hydrogens is 358 g/mol. The standard InChI is InChI=1S/C20H21N5O3/c1-2-28-17-10-8-16(9-11-17)24-20-18(25(26)27)19(22-14-23-20)21-13-12-15-6-4-3-5-7-15/h3-11,14H,2,12-13H2,1H3,(H2,21,22,23,24). The van der Waals surface area contributed by atoms with Crippen LogP contribution < -0.4 is 15.4 Å². The number of hydrogen-bond acceptors (Lipinski definition) is 7. The molecule has 0 saturated carbocycles. The lowest BCUT2D eigenvalue weighted by Gasteiger charge is -2.11. The number of ether oxygens (including phenoxy) is 1. The van der Waals surface area contributed by atoms with Crippen LogP contribution in [0.3, 0.4) is 0 Å². The van der Waals surface area contributed by atoms with Crippen LogP contribution in [0.2, 0.25) is 0 Å². The number of nitro groups is 1. The molecule has 0 aliphatic rings. The number of anilines is 3. The molecule has 0 atom stereocenters. The van der Waals surface area contributed by atoms with Crippen molar-refractivity contribution in [2.75, 3.05) is 23.8 Å². The zero-order valence-corrected chi connectivity index (χ0v) is 15.5. The third kappa shape index (κ3) is 4.94. The van der Waals surface area contributed by atoms with E-state index in [1.165, 1.54) is 6.33 Å². The Bertz CT molecular complexity index is 917. The van der Waals surface area contributed by atoms with Gasteiger partial charge in [0.05, 0.1) is 11.5 Å². The van der Waals surface area contributed by atoms with Crippen molar-refractivity contribution in [1.82, 2.24) is 9.97 Å². The summed E-state index contributed by atoms with van der Waals surface area (Å²) in [6, 6.07) is 17.0. The van der Waals surface area contributed by atoms with E-state index in [2.05, 4.69) is 20.6 Å². The van der Waals surface area contributed by atoms with Gasteiger partial charge in [0.25, 0.3) is 0 Å². The lowest BCUT2D eigenvalue weighted by molar-refractivity contribution is -0.383. The lowest BCUT2D eigenvalue weighted by Crippen LogP contribution is -2.10. The highest BCUT2D eigenvalue weighted by atomic mass is 16.6. The van der Waals surface area contributed by atoms with Gasteiger partial charge in [-0.1, -0.05) is 30.3 Å². The number of rotatable bonds is 9. The molecule has 0 radical (unpaired) electrons. The molecule has 3 aromatic rings. The first-order chi connectivity index (χ1) is 13.7. The highest BCUT2D eigenvalue weighted by molar-refractivity contribution is 5.73. The van der Waals surface area contributed by atoms with Crippen molar-refractivity contribution in [2.45, 2.75) is 13.3 Å². The van der Waals surface area contributed by atoms with Gasteiger partial charge in [-0.05, 0) is 43.2 Å². The quantitative estimate of drug-likeness (QED) is 0.425. The summed E-state index contributed by atoms with van der Waals surface area (Å²) in [4.78, 5) is 19.2. The zero-order chi connectivity index (χ0) is 19.8. The van der Waals surface area contributed by atoms with E-state index in [-0.39, 0.29) is 17.3 Å². The average molecular weight is 379 g/mol. The van der Waals surface area contributed by atoms with E-state index in [0.29, 0.717) is 18.8 Å². The first-order valence-electron chi connectivity index (χ1n) is 8.94. The third-order valence-electron chi connectivity index (χ3n) is 3.98. The maximum Gasteiger partial charge on any atom is 0.353 e. The molecule has 3 rings (SSSR count). The minimum absolute atomic E-state index is 0.131. The molecule has 8 heteroatoms. The predicted molar refractivity (Wildman–Crippen MR) is 108 cm³/mol. The Balaban J connectivity index is 1.74. The summed E-state index contributed by atoms with van der Waals surface area (Å²) >= 11 is 0. The molecular formula is C20H21N5O3. The van der Waals surface area contributed by atoms with Crippen LogP contribution in [-0.2, 0) is 6.42 Å². The van der Waals surface area contributed by atoms with E-state index < -0.39 is 4.92 Å². The summed E-state index contributed by atoms with van der Waals surface area (Å²) in [6.07, 6.45) is 2.03. The smallest absolute Gasteiger partial charge is 0.353 e. The Labute approximate surface area is 162 Å². The molecule has 2 N–H and O–H groups in total. The zero-order valence-electron chi connectivity index (χ0n) is 15.5. The molecule has 2 aromatic carbocycles. The summed E-state index contributed by atoms with van der Waals surface area (Å²) in [5, 5.41) is 17.7.